The van der Waals surface area contributed by atoms with Crippen molar-refractivity contribution in [3.05, 3.63) is 33.9 Å². The molecule has 0 fully saturated rings. The lowest BCUT2D eigenvalue weighted by atomic mass is 10.0. The third-order valence-electron chi connectivity index (χ3n) is 2.23. The maximum absolute atomic E-state index is 10.7. The van der Waals surface area contributed by atoms with Crippen LogP contribution in [0.4, 0.5) is 5.69 Å². The largest absolute Gasteiger partial charge is 0.490 e. The van der Waals surface area contributed by atoms with Crippen molar-refractivity contribution in [3.8, 4) is 5.75 Å². The summed E-state index contributed by atoms with van der Waals surface area (Å²) in [5.41, 5.74) is 0.574. The number of benzene rings is 1. The van der Waals surface area contributed by atoms with E-state index in [0.717, 1.165) is 0 Å². The highest BCUT2D eigenvalue weighted by atomic mass is 16.6. The molecule has 15 heavy (non-hydrogen) atoms. The zero-order valence-electron chi connectivity index (χ0n) is 8.64. The van der Waals surface area contributed by atoms with Gasteiger partial charge < -0.3 is 9.84 Å². The lowest BCUT2D eigenvalue weighted by Crippen LogP contribution is -2.04. The number of para-hydroxylation sites is 1. The van der Waals surface area contributed by atoms with Crippen LogP contribution in [0, 0.1) is 10.1 Å². The minimum Gasteiger partial charge on any atom is -0.490 e. The van der Waals surface area contributed by atoms with Crippen LogP contribution in [0.15, 0.2) is 18.2 Å². The minimum absolute atomic E-state index is 0.0719. The number of rotatable bonds is 4. The van der Waals surface area contributed by atoms with Gasteiger partial charge in [0.1, 0.15) is 0 Å². The molecular weight excluding hydrogens is 198 g/mol. The highest BCUT2D eigenvalue weighted by Crippen LogP contribution is 2.34. The Morgan fingerprint density at radius 2 is 2.27 bits per heavy atom. The van der Waals surface area contributed by atoms with E-state index in [4.69, 9.17) is 9.84 Å². The average molecular weight is 211 g/mol. The molecule has 0 aliphatic carbocycles. The molecule has 0 radical (unpaired) electrons. The quantitative estimate of drug-likeness (QED) is 0.607. The SMILES string of the molecule is COc1c(C(C)CO)cccc1[N+](=O)[O-]. The molecule has 1 unspecified atom stereocenters. The molecule has 0 aliphatic rings. The van der Waals surface area contributed by atoms with Crippen molar-refractivity contribution in [2.45, 2.75) is 12.8 Å². The molecule has 1 N–H and O–H groups in total. The summed E-state index contributed by atoms with van der Waals surface area (Å²) in [5, 5.41) is 19.7. The first-order valence-electron chi connectivity index (χ1n) is 4.54. The zero-order valence-corrected chi connectivity index (χ0v) is 8.64. The lowest BCUT2D eigenvalue weighted by Gasteiger charge is -2.12. The monoisotopic (exact) mass is 211 g/mol. The number of aliphatic hydroxyl groups excluding tert-OH is 1. The van der Waals surface area contributed by atoms with Gasteiger partial charge in [-0.1, -0.05) is 19.1 Å². The van der Waals surface area contributed by atoms with Crippen molar-refractivity contribution >= 4 is 5.69 Å². The second kappa shape index (κ2) is 4.75. The molecule has 1 aromatic carbocycles. The molecule has 1 aromatic rings. The van der Waals surface area contributed by atoms with Crippen LogP contribution in [-0.4, -0.2) is 23.7 Å². The van der Waals surface area contributed by atoms with Crippen LogP contribution in [0.2, 0.25) is 0 Å². The summed E-state index contributed by atoms with van der Waals surface area (Å²) in [6.45, 7) is 1.71. The van der Waals surface area contributed by atoms with Crippen molar-refractivity contribution < 1.29 is 14.8 Å². The second-order valence-electron chi connectivity index (χ2n) is 3.24. The molecule has 82 valence electrons. The fourth-order valence-electron chi connectivity index (χ4n) is 1.39. The lowest BCUT2D eigenvalue weighted by molar-refractivity contribution is -0.385. The first kappa shape index (κ1) is 11.5. The van der Waals surface area contributed by atoms with Gasteiger partial charge >= 0.3 is 5.69 Å². The number of methoxy groups -OCH3 is 1. The van der Waals surface area contributed by atoms with E-state index in [-0.39, 0.29) is 24.0 Å². The Kier molecular flexibility index (Phi) is 3.62. The topological polar surface area (TPSA) is 72.6 Å². The average Bonchev–Trinajstić information content (AvgIpc) is 2.26. The Balaban J connectivity index is 3.28. The van der Waals surface area contributed by atoms with E-state index in [0.29, 0.717) is 5.56 Å². The minimum atomic E-state index is -0.494. The van der Waals surface area contributed by atoms with Crippen LogP contribution < -0.4 is 4.74 Å². The van der Waals surface area contributed by atoms with Crippen LogP contribution in [0.1, 0.15) is 18.4 Å². The molecule has 1 atom stereocenters. The van der Waals surface area contributed by atoms with Gasteiger partial charge in [-0.3, -0.25) is 10.1 Å². The summed E-state index contributed by atoms with van der Waals surface area (Å²) in [7, 11) is 1.38. The van der Waals surface area contributed by atoms with Gasteiger partial charge in [0.25, 0.3) is 0 Å². The fourth-order valence-corrected chi connectivity index (χ4v) is 1.39. The van der Waals surface area contributed by atoms with Gasteiger partial charge in [-0.05, 0) is 0 Å². The van der Waals surface area contributed by atoms with Crippen LogP contribution >= 0.6 is 0 Å². The second-order valence-corrected chi connectivity index (χ2v) is 3.24. The summed E-state index contributed by atoms with van der Waals surface area (Å²) in [4.78, 5) is 10.2. The number of ether oxygens (including phenoxy) is 1. The Morgan fingerprint density at radius 1 is 1.60 bits per heavy atom. The predicted octanol–water partition coefficient (Wildman–Crippen LogP) is 1.70. The molecule has 0 heterocycles. The van der Waals surface area contributed by atoms with Crippen molar-refractivity contribution in [2.24, 2.45) is 0 Å². The normalized spacial score (nSPS) is 12.2. The highest BCUT2D eigenvalue weighted by molar-refractivity contribution is 5.52. The van der Waals surface area contributed by atoms with Gasteiger partial charge in [0, 0.05) is 24.2 Å². The standard InChI is InChI=1S/C10H13NO4/c1-7(6-12)8-4-3-5-9(11(13)14)10(8)15-2/h3-5,7,12H,6H2,1-2H3. The molecule has 0 saturated heterocycles. The number of nitro groups is 1. The molecule has 0 aliphatic heterocycles. The van der Waals surface area contributed by atoms with Crippen LogP contribution in [0.3, 0.4) is 0 Å². The Bertz CT molecular complexity index is 364. The molecule has 0 saturated carbocycles. The number of aliphatic hydroxyl groups is 1. The summed E-state index contributed by atoms with van der Waals surface area (Å²) >= 11 is 0. The summed E-state index contributed by atoms with van der Waals surface area (Å²) in [6, 6.07) is 4.68. The fraction of sp³-hybridized carbons (Fsp3) is 0.400. The smallest absolute Gasteiger partial charge is 0.311 e. The van der Waals surface area contributed by atoms with Gasteiger partial charge in [-0.15, -0.1) is 0 Å². The van der Waals surface area contributed by atoms with Gasteiger partial charge in [0.15, 0.2) is 5.75 Å². The van der Waals surface area contributed by atoms with E-state index in [1.807, 2.05) is 0 Å². The van der Waals surface area contributed by atoms with Gasteiger partial charge in [-0.25, -0.2) is 0 Å². The van der Waals surface area contributed by atoms with Gasteiger partial charge in [0.2, 0.25) is 0 Å². The molecule has 0 spiro atoms. The van der Waals surface area contributed by atoms with E-state index in [1.54, 1.807) is 19.1 Å². The first-order chi connectivity index (χ1) is 7.11. The van der Waals surface area contributed by atoms with Crippen molar-refractivity contribution in [3.63, 3.8) is 0 Å². The molecule has 5 nitrogen and oxygen atoms in total. The third kappa shape index (κ3) is 2.24. The maximum Gasteiger partial charge on any atom is 0.311 e. The highest BCUT2D eigenvalue weighted by Gasteiger charge is 2.20. The molecule has 0 amide bonds. The first-order valence-corrected chi connectivity index (χ1v) is 4.54. The number of nitro benzene ring substituents is 1. The maximum atomic E-state index is 10.7. The molecule has 1 rings (SSSR count). The van der Waals surface area contributed by atoms with Crippen LogP contribution in [0.25, 0.3) is 0 Å². The van der Waals surface area contributed by atoms with Gasteiger partial charge in [0.05, 0.1) is 12.0 Å². The Morgan fingerprint density at radius 3 is 2.73 bits per heavy atom. The summed E-state index contributed by atoms with van der Waals surface area (Å²) in [6.07, 6.45) is 0. The molecular formula is C10H13NO4. The molecule has 0 bridgehead atoms. The number of hydrogen-bond acceptors (Lipinski definition) is 4. The van der Waals surface area contributed by atoms with E-state index >= 15 is 0 Å². The van der Waals surface area contributed by atoms with Crippen LogP contribution in [-0.2, 0) is 0 Å². The van der Waals surface area contributed by atoms with Gasteiger partial charge in [-0.2, -0.15) is 0 Å². The number of nitrogens with zero attached hydrogens (tertiary/aromatic N) is 1. The summed E-state index contributed by atoms with van der Waals surface area (Å²) < 4.78 is 5.01. The van der Waals surface area contributed by atoms with E-state index in [2.05, 4.69) is 0 Å². The molecule has 5 heteroatoms. The van der Waals surface area contributed by atoms with E-state index in [9.17, 15) is 10.1 Å². The van der Waals surface area contributed by atoms with Crippen molar-refractivity contribution in [1.82, 2.24) is 0 Å². The van der Waals surface area contributed by atoms with Crippen LogP contribution in [0.5, 0.6) is 5.75 Å². The van der Waals surface area contributed by atoms with E-state index < -0.39 is 4.92 Å². The van der Waals surface area contributed by atoms with Crippen molar-refractivity contribution in [2.75, 3.05) is 13.7 Å². The Labute approximate surface area is 87.5 Å². The number of hydrogen-bond donors (Lipinski definition) is 1. The summed E-state index contributed by atoms with van der Waals surface area (Å²) in [5.74, 6) is 0.0453. The van der Waals surface area contributed by atoms with E-state index in [1.165, 1.54) is 13.2 Å². The predicted molar refractivity (Wildman–Crippen MR) is 55.1 cm³/mol. The van der Waals surface area contributed by atoms with Crippen molar-refractivity contribution in [1.29, 1.82) is 0 Å². The molecule has 0 aromatic heterocycles. The third-order valence-corrected chi connectivity index (χ3v) is 2.23. The zero-order chi connectivity index (χ0) is 11.4. The Hall–Kier alpha value is -1.62.